The number of aromatic nitrogens is 2. The van der Waals surface area contributed by atoms with E-state index in [2.05, 4.69) is 21.4 Å². The molecule has 1 aliphatic heterocycles. The molecule has 1 N–H and O–H groups in total. The van der Waals surface area contributed by atoms with Crippen molar-refractivity contribution in [3.63, 3.8) is 0 Å². The summed E-state index contributed by atoms with van der Waals surface area (Å²) in [5, 5.41) is 12.5. The molecule has 1 aromatic carbocycles. The lowest BCUT2D eigenvalue weighted by molar-refractivity contribution is -0.135. The summed E-state index contributed by atoms with van der Waals surface area (Å²) in [4.78, 5) is 36.6. The van der Waals surface area contributed by atoms with Crippen LogP contribution in [-0.2, 0) is 17.8 Å². The number of ether oxygens (including phenoxy) is 1. The molecule has 5 rings (SSSR count). The molecule has 2 aromatic heterocycles. The van der Waals surface area contributed by atoms with E-state index in [0.29, 0.717) is 46.2 Å². The number of pyridine rings is 1. The number of methoxy groups -OCH3 is 1. The molecule has 3 heterocycles. The van der Waals surface area contributed by atoms with Gasteiger partial charge in [-0.25, -0.2) is 13.8 Å². The van der Waals surface area contributed by atoms with Crippen LogP contribution < -0.4 is 10.1 Å². The molecule has 11 heteroatoms. The van der Waals surface area contributed by atoms with Gasteiger partial charge in [0.15, 0.2) is 5.13 Å². The molecule has 0 spiro atoms. The van der Waals surface area contributed by atoms with Crippen molar-refractivity contribution in [2.24, 2.45) is 5.92 Å². The zero-order valence-electron chi connectivity index (χ0n) is 19.5. The molecule has 0 unspecified atom stereocenters. The van der Waals surface area contributed by atoms with E-state index in [1.807, 2.05) is 0 Å². The first-order valence-corrected chi connectivity index (χ1v) is 12.0. The maximum absolute atomic E-state index is 13.3. The summed E-state index contributed by atoms with van der Waals surface area (Å²) in [5.74, 6) is -4.61. The lowest BCUT2D eigenvalue weighted by Gasteiger charge is -2.26. The summed E-state index contributed by atoms with van der Waals surface area (Å²) in [7, 11) is 1.51. The van der Waals surface area contributed by atoms with Gasteiger partial charge in [-0.3, -0.25) is 19.9 Å². The van der Waals surface area contributed by atoms with Gasteiger partial charge in [0, 0.05) is 47.3 Å². The number of nitrogens with one attached hydrogen (secondary N) is 1. The molecular formula is C25H21F2N5O3S. The van der Waals surface area contributed by atoms with Crippen molar-refractivity contribution in [2.75, 3.05) is 19.0 Å². The van der Waals surface area contributed by atoms with Gasteiger partial charge in [0.2, 0.25) is 5.91 Å². The van der Waals surface area contributed by atoms with E-state index in [4.69, 9.17) is 4.74 Å². The number of rotatable bonds is 5. The zero-order chi connectivity index (χ0) is 25.6. The Kier molecular flexibility index (Phi) is 5.92. The number of anilines is 1. The number of carbonyl (C=O) groups excluding carboxylic acids is 2. The average Bonchev–Trinajstić information content (AvgIpc) is 3.32. The number of fused-ring (bicyclic) bond motifs is 1. The number of alkyl halides is 2. The predicted molar refractivity (Wildman–Crippen MR) is 128 cm³/mol. The Morgan fingerprint density at radius 3 is 2.78 bits per heavy atom. The SMILES string of the molecule is COc1ccc(C#N)cc1-c1cc(C)ncc1C(=O)Nc1nc2c(s1)CN(C(=O)[C@@H]1CC1(F)F)CC2. The average molecular weight is 510 g/mol. The second-order valence-corrected chi connectivity index (χ2v) is 9.85. The number of hydrogen-bond acceptors (Lipinski definition) is 7. The molecule has 0 radical (unpaired) electrons. The molecule has 8 nitrogen and oxygen atoms in total. The van der Waals surface area contributed by atoms with E-state index in [-0.39, 0.29) is 12.1 Å². The summed E-state index contributed by atoms with van der Waals surface area (Å²) >= 11 is 1.22. The van der Waals surface area contributed by atoms with Crippen molar-refractivity contribution in [1.82, 2.24) is 14.9 Å². The largest absolute Gasteiger partial charge is 0.496 e. The number of hydrogen-bond donors (Lipinski definition) is 1. The normalized spacial score (nSPS) is 17.6. The van der Waals surface area contributed by atoms with E-state index < -0.39 is 30.1 Å². The van der Waals surface area contributed by atoms with Gasteiger partial charge in [0.1, 0.15) is 11.7 Å². The molecular weight excluding hydrogens is 488 g/mol. The molecule has 1 atom stereocenters. The number of nitriles is 1. The van der Waals surface area contributed by atoms with E-state index in [1.54, 1.807) is 31.2 Å². The summed E-state index contributed by atoms with van der Waals surface area (Å²) < 4.78 is 32.1. The van der Waals surface area contributed by atoms with Gasteiger partial charge in [-0.15, -0.1) is 0 Å². The van der Waals surface area contributed by atoms with Crippen LogP contribution in [0.25, 0.3) is 11.1 Å². The number of carbonyl (C=O) groups is 2. The Labute approximate surface area is 209 Å². The summed E-state index contributed by atoms with van der Waals surface area (Å²) in [5.41, 5.74) is 3.25. The van der Waals surface area contributed by atoms with Gasteiger partial charge in [-0.05, 0) is 31.2 Å². The van der Waals surface area contributed by atoms with Gasteiger partial charge in [-0.2, -0.15) is 5.26 Å². The molecule has 1 aliphatic carbocycles. The topological polar surface area (TPSA) is 108 Å². The fourth-order valence-corrected chi connectivity index (χ4v) is 5.27. The number of amides is 2. The number of nitrogens with zero attached hydrogens (tertiary/aromatic N) is 4. The molecule has 1 saturated carbocycles. The first-order valence-electron chi connectivity index (χ1n) is 11.2. The summed E-state index contributed by atoms with van der Waals surface area (Å²) in [6.45, 7) is 2.31. The van der Waals surface area contributed by atoms with Crippen LogP contribution in [0.2, 0.25) is 0 Å². The number of halogens is 2. The molecule has 0 saturated heterocycles. The fraction of sp³-hybridized carbons (Fsp3) is 0.320. The van der Waals surface area contributed by atoms with Crippen LogP contribution in [0.1, 0.15) is 38.6 Å². The van der Waals surface area contributed by atoms with Crippen LogP contribution in [0, 0.1) is 24.2 Å². The molecule has 184 valence electrons. The van der Waals surface area contributed by atoms with Crippen molar-refractivity contribution in [2.45, 2.75) is 32.2 Å². The van der Waals surface area contributed by atoms with E-state index in [1.165, 1.54) is 29.5 Å². The van der Waals surface area contributed by atoms with Crippen LogP contribution in [0.15, 0.2) is 30.5 Å². The van der Waals surface area contributed by atoms with Gasteiger partial charge in [-0.1, -0.05) is 11.3 Å². The molecule has 2 aliphatic rings. The summed E-state index contributed by atoms with van der Waals surface area (Å²) in [6, 6.07) is 8.80. The zero-order valence-corrected chi connectivity index (χ0v) is 20.3. The Balaban J connectivity index is 1.39. The number of aryl methyl sites for hydroxylation is 1. The van der Waals surface area contributed by atoms with Crippen molar-refractivity contribution in [3.05, 3.63) is 57.9 Å². The lowest BCUT2D eigenvalue weighted by Crippen LogP contribution is -2.37. The highest BCUT2D eigenvalue weighted by Gasteiger charge is 2.62. The molecule has 0 bridgehead atoms. The minimum absolute atomic E-state index is 0.198. The Morgan fingerprint density at radius 1 is 1.31 bits per heavy atom. The maximum atomic E-state index is 13.3. The van der Waals surface area contributed by atoms with Crippen LogP contribution in [-0.4, -0.2) is 46.3 Å². The van der Waals surface area contributed by atoms with Crippen LogP contribution in [0.4, 0.5) is 13.9 Å². The van der Waals surface area contributed by atoms with Gasteiger partial charge >= 0.3 is 0 Å². The highest BCUT2D eigenvalue weighted by Crippen LogP contribution is 2.50. The standard InChI is InChI=1S/C25H21F2N5O3S/c1-13-7-15(16-8-14(10-28)3-4-20(16)35-2)17(11-29-13)22(33)31-24-30-19-5-6-32(12-21(19)36-24)23(34)18-9-25(18,26)27/h3-4,7-8,11,18H,5-6,9,12H2,1-2H3,(H,30,31,33)/t18-/m0/s1. The monoisotopic (exact) mass is 509 g/mol. The summed E-state index contributed by atoms with van der Waals surface area (Å²) in [6.07, 6.45) is 1.50. The van der Waals surface area contributed by atoms with E-state index in [9.17, 15) is 23.6 Å². The van der Waals surface area contributed by atoms with Crippen LogP contribution in [0.5, 0.6) is 5.75 Å². The first kappa shape index (κ1) is 23.8. The number of thiazole rings is 1. The van der Waals surface area contributed by atoms with Gasteiger partial charge < -0.3 is 9.64 Å². The first-order chi connectivity index (χ1) is 17.2. The molecule has 36 heavy (non-hydrogen) atoms. The smallest absolute Gasteiger partial charge is 0.260 e. The maximum Gasteiger partial charge on any atom is 0.260 e. The third-order valence-corrected chi connectivity index (χ3v) is 7.29. The quantitative estimate of drug-likeness (QED) is 0.553. The van der Waals surface area contributed by atoms with E-state index in [0.717, 1.165) is 10.6 Å². The Morgan fingerprint density at radius 2 is 2.08 bits per heavy atom. The minimum atomic E-state index is -2.90. The minimum Gasteiger partial charge on any atom is -0.496 e. The Bertz CT molecular complexity index is 1430. The fourth-order valence-electron chi connectivity index (χ4n) is 4.25. The van der Waals surface area contributed by atoms with Crippen molar-refractivity contribution in [3.8, 4) is 22.9 Å². The van der Waals surface area contributed by atoms with Crippen molar-refractivity contribution >= 4 is 28.3 Å². The predicted octanol–water partition coefficient (Wildman–Crippen LogP) is 4.19. The van der Waals surface area contributed by atoms with Gasteiger partial charge in [0.05, 0.1) is 36.5 Å². The van der Waals surface area contributed by atoms with Crippen LogP contribution in [0.3, 0.4) is 0 Å². The highest BCUT2D eigenvalue weighted by molar-refractivity contribution is 7.15. The molecule has 3 aromatic rings. The molecule has 1 fully saturated rings. The lowest BCUT2D eigenvalue weighted by atomic mass is 9.97. The second kappa shape index (κ2) is 8.95. The second-order valence-electron chi connectivity index (χ2n) is 8.77. The Hall–Kier alpha value is -3.91. The number of benzene rings is 1. The van der Waals surface area contributed by atoms with Crippen molar-refractivity contribution < 1.29 is 23.1 Å². The van der Waals surface area contributed by atoms with Crippen LogP contribution >= 0.6 is 11.3 Å². The highest BCUT2D eigenvalue weighted by atomic mass is 32.1. The third kappa shape index (κ3) is 4.40. The molecule has 2 amide bonds. The van der Waals surface area contributed by atoms with E-state index >= 15 is 0 Å². The van der Waals surface area contributed by atoms with Gasteiger partial charge in [0.25, 0.3) is 11.8 Å². The van der Waals surface area contributed by atoms with Crippen molar-refractivity contribution in [1.29, 1.82) is 5.26 Å². The third-order valence-electron chi connectivity index (χ3n) is 6.29.